The zero-order valence-corrected chi connectivity index (χ0v) is 21.2. The summed E-state index contributed by atoms with van der Waals surface area (Å²) in [4.78, 5) is 40.0. The van der Waals surface area contributed by atoms with Gasteiger partial charge in [-0.3, -0.25) is 14.5 Å². The minimum Gasteiger partial charge on any atom is -0.379 e. The van der Waals surface area contributed by atoms with Crippen molar-refractivity contribution in [3.63, 3.8) is 0 Å². The number of hydrogen-bond donors (Lipinski definition) is 1. The van der Waals surface area contributed by atoms with Gasteiger partial charge in [0, 0.05) is 64.3 Å². The average Bonchev–Trinajstić information content (AvgIpc) is 2.81. The summed E-state index contributed by atoms with van der Waals surface area (Å²) in [6.07, 6.45) is 2.55. The molecule has 2 fully saturated rings. The van der Waals surface area contributed by atoms with Crippen molar-refractivity contribution in [2.75, 3.05) is 69.7 Å². The molecule has 1 N–H and O–H groups in total. The van der Waals surface area contributed by atoms with Crippen LogP contribution in [0, 0.1) is 0 Å². The van der Waals surface area contributed by atoms with Crippen molar-refractivity contribution < 1.29 is 14.3 Å². The quantitative estimate of drug-likeness (QED) is 0.297. The number of carbonyl (C=O) groups excluding carboxylic acids is 2. The van der Waals surface area contributed by atoms with E-state index in [4.69, 9.17) is 16.3 Å². The van der Waals surface area contributed by atoms with E-state index in [1.54, 1.807) is 6.07 Å². The van der Waals surface area contributed by atoms with E-state index in [1.165, 1.54) is 11.8 Å². The number of piperazine rings is 1. The van der Waals surface area contributed by atoms with Gasteiger partial charge in [0.2, 0.25) is 11.8 Å². The minimum atomic E-state index is -0.0498. The van der Waals surface area contributed by atoms with E-state index in [1.807, 2.05) is 4.90 Å². The number of nitrogens with one attached hydrogen (secondary N) is 1. The third-order valence-electron chi connectivity index (χ3n) is 5.86. The second-order valence-corrected chi connectivity index (χ2v) is 9.74. The molecule has 3 rings (SSSR count). The largest absolute Gasteiger partial charge is 0.379 e. The van der Waals surface area contributed by atoms with Crippen molar-refractivity contribution >= 4 is 41.0 Å². The number of ether oxygens (including phenoxy) is 1. The zero-order chi connectivity index (χ0) is 23.6. The third kappa shape index (κ3) is 8.27. The van der Waals surface area contributed by atoms with Crippen molar-refractivity contribution in [2.24, 2.45) is 0 Å². The maximum absolute atomic E-state index is 12.4. The van der Waals surface area contributed by atoms with Crippen molar-refractivity contribution in [1.82, 2.24) is 25.1 Å². The highest BCUT2D eigenvalue weighted by Gasteiger charge is 2.28. The lowest BCUT2D eigenvalue weighted by molar-refractivity contribution is -0.133. The molecule has 0 bridgehead atoms. The molecule has 0 aliphatic carbocycles. The van der Waals surface area contributed by atoms with Crippen molar-refractivity contribution in [2.45, 2.75) is 44.3 Å². The number of halogens is 1. The molecule has 33 heavy (non-hydrogen) atoms. The Morgan fingerprint density at radius 2 is 2.03 bits per heavy atom. The molecule has 1 aromatic heterocycles. The predicted molar refractivity (Wildman–Crippen MR) is 131 cm³/mol. The van der Waals surface area contributed by atoms with Gasteiger partial charge in [-0.2, -0.15) is 0 Å². The van der Waals surface area contributed by atoms with Gasteiger partial charge in [-0.15, -0.1) is 0 Å². The van der Waals surface area contributed by atoms with Crippen LogP contribution >= 0.6 is 23.4 Å². The van der Waals surface area contributed by atoms with Gasteiger partial charge in [-0.1, -0.05) is 36.7 Å². The molecular formula is C22H35ClN6O3S. The Labute approximate surface area is 205 Å². The van der Waals surface area contributed by atoms with Crippen LogP contribution in [0.25, 0.3) is 0 Å². The Morgan fingerprint density at radius 1 is 1.24 bits per heavy atom. The number of carbonyl (C=O) groups is 2. The fourth-order valence-corrected chi connectivity index (χ4v) is 4.89. The highest BCUT2D eigenvalue weighted by atomic mass is 35.5. The van der Waals surface area contributed by atoms with E-state index < -0.39 is 0 Å². The molecule has 2 aliphatic rings. The molecular weight excluding hydrogens is 464 g/mol. The molecule has 1 atom stereocenters. The average molecular weight is 499 g/mol. The lowest BCUT2D eigenvalue weighted by Gasteiger charge is -2.40. The number of amides is 2. The van der Waals surface area contributed by atoms with Crippen LogP contribution in [0.5, 0.6) is 0 Å². The van der Waals surface area contributed by atoms with Gasteiger partial charge in [0.15, 0.2) is 5.16 Å². The van der Waals surface area contributed by atoms with Gasteiger partial charge >= 0.3 is 0 Å². The molecule has 0 spiro atoms. The first kappa shape index (κ1) is 26.0. The summed E-state index contributed by atoms with van der Waals surface area (Å²) in [7, 11) is 0. The predicted octanol–water partition coefficient (Wildman–Crippen LogP) is 1.90. The Kier molecular flexibility index (Phi) is 10.5. The molecule has 0 aromatic carbocycles. The molecule has 11 heteroatoms. The maximum Gasteiger partial charge on any atom is 0.230 e. The number of anilines is 1. The molecule has 9 nitrogen and oxygen atoms in total. The highest BCUT2D eigenvalue weighted by molar-refractivity contribution is 7.99. The number of aromatic nitrogens is 2. The first-order valence-corrected chi connectivity index (χ1v) is 13.1. The number of nitrogens with zero attached hydrogens (tertiary/aromatic N) is 5. The Hall–Kier alpha value is -1.62. The first-order chi connectivity index (χ1) is 16.0. The van der Waals surface area contributed by atoms with E-state index in [2.05, 4.69) is 38.9 Å². The van der Waals surface area contributed by atoms with Crippen molar-refractivity contribution in [3.05, 3.63) is 11.2 Å². The topological polar surface area (TPSA) is 90.9 Å². The first-order valence-electron chi connectivity index (χ1n) is 11.7. The third-order valence-corrected chi connectivity index (χ3v) is 6.90. The lowest BCUT2D eigenvalue weighted by atomic mass is 10.1. The van der Waals surface area contributed by atoms with Gasteiger partial charge in [-0.05, 0) is 13.3 Å². The van der Waals surface area contributed by atoms with Gasteiger partial charge in [-0.25, -0.2) is 9.97 Å². The van der Waals surface area contributed by atoms with Crippen molar-refractivity contribution in [3.8, 4) is 0 Å². The summed E-state index contributed by atoms with van der Waals surface area (Å²) in [6, 6.07) is 1.85. The summed E-state index contributed by atoms with van der Waals surface area (Å²) in [5, 5.41) is 3.78. The molecule has 0 saturated carbocycles. The second-order valence-electron chi connectivity index (χ2n) is 8.41. The normalized spacial score (nSPS) is 19.5. The van der Waals surface area contributed by atoms with Gasteiger partial charge in [0.25, 0.3) is 0 Å². The summed E-state index contributed by atoms with van der Waals surface area (Å²) >= 11 is 7.53. The molecule has 2 amide bonds. The summed E-state index contributed by atoms with van der Waals surface area (Å²) < 4.78 is 5.34. The standard InChI is InChI=1S/C22H35ClN6O3S/c1-3-4-5-21(31)29-9-8-28(15-17(29)2)19-14-18(23)25-22(26-19)33-16-20(30)24-6-7-27-10-12-32-13-11-27/h14,17H,3-13,15-16H2,1-2H3,(H,24,30). The molecule has 0 radical (unpaired) electrons. The fraction of sp³-hybridized carbons (Fsp3) is 0.727. The van der Waals surface area contributed by atoms with Crippen LogP contribution in [0.4, 0.5) is 5.82 Å². The summed E-state index contributed by atoms with van der Waals surface area (Å²) in [5.41, 5.74) is 0. The van der Waals surface area contributed by atoms with Gasteiger partial charge in [0.05, 0.1) is 19.0 Å². The summed E-state index contributed by atoms with van der Waals surface area (Å²) in [5.74, 6) is 1.14. The van der Waals surface area contributed by atoms with Crippen LogP contribution in [0.3, 0.4) is 0 Å². The smallest absolute Gasteiger partial charge is 0.230 e. The van der Waals surface area contributed by atoms with Crippen molar-refractivity contribution in [1.29, 1.82) is 0 Å². The number of hydrogen-bond acceptors (Lipinski definition) is 8. The molecule has 2 aliphatic heterocycles. The van der Waals surface area contributed by atoms with E-state index in [9.17, 15) is 9.59 Å². The van der Waals surface area contributed by atoms with Crippen LogP contribution in [0.1, 0.15) is 33.1 Å². The van der Waals surface area contributed by atoms with Crippen LogP contribution in [0.2, 0.25) is 5.15 Å². The minimum absolute atomic E-state index is 0.0498. The number of thioether (sulfide) groups is 1. The van der Waals surface area contributed by atoms with Crippen LogP contribution < -0.4 is 10.2 Å². The zero-order valence-electron chi connectivity index (χ0n) is 19.6. The molecule has 2 saturated heterocycles. The second kappa shape index (κ2) is 13.3. The molecule has 184 valence electrons. The van der Waals surface area contributed by atoms with E-state index in [0.717, 1.165) is 51.5 Å². The van der Waals surface area contributed by atoms with E-state index >= 15 is 0 Å². The number of rotatable bonds is 10. The Bertz CT molecular complexity index is 795. The van der Waals surface area contributed by atoms with E-state index in [0.29, 0.717) is 42.9 Å². The SMILES string of the molecule is CCCCC(=O)N1CCN(c2cc(Cl)nc(SCC(=O)NCCN3CCOCC3)n2)CC1C. The van der Waals surface area contributed by atoms with E-state index in [-0.39, 0.29) is 23.6 Å². The summed E-state index contributed by atoms with van der Waals surface area (Å²) in [6.45, 7) is 11.0. The number of unbranched alkanes of at least 4 members (excludes halogenated alkanes) is 1. The maximum atomic E-state index is 12.4. The molecule has 1 unspecified atom stereocenters. The Morgan fingerprint density at radius 3 is 2.76 bits per heavy atom. The van der Waals surface area contributed by atoms with Crippen LogP contribution in [-0.4, -0.2) is 102 Å². The number of morpholine rings is 1. The highest BCUT2D eigenvalue weighted by Crippen LogP contribution is 2.24. The van der Waals surface area contributed by atoms with Gasteiger partial charge < -0.3 is 19.9 Å². The van der Waals surface area contributed by atoms with Gasteiger partial charge in [0.1, 0.15) is 11.0 Å². The van der Waals surface area contributed by atoms with Crippen LogP contribution in [-0.2, 0) is 14.3 Å². The monoisotopic (exact) mass is 498 g/mol. The Balaban J connectivity index is 1.47. The molecule has 1 aromatic rings. The van der Waals surface area contributed by atoms with Crippen LogP contribution in [0.15, 0.2) is 11.2 Å². The lowest BCUT2D eigenvalue weighted by Crippen LogP contribution is -2.54. The fourth-order valence-electron chi connectivity index (χ4n) is 3.98. The molecule has 3 heterocycles.